The van der Waals surface area contributed by atoms with Crippen molar-refractivity contribution in [1.29, 1.82) is 0 Å². The van der Waals surface area contributed by atoms with E-state index in [1.807, 2.05) is 11.8 Å². The van der Waals surface area contributed by atoms with Gasteiger partial charge in [-0.2, -0.15) is 0 Å². The number of benzene rings is 2. The lowest BCUT2D eigenvalue weighted by Crippen LogP contribution is -2.34. The molecule has 3 rings (SSSR count). The molecule has 0 amide bonds. The van der Waals surface area contributed by atoms with Crippen molar-refractivity contribution in [2.24, 2.45) is 0 Å². The average Bonchev–Trinajstić information content (AvgIpc) is 2.46. The Bertz CT molecular complexity index is 585. The number of nitrogens with one attached hydrogen (secondary N) is 1. The normalized spacial score (nSPS) is 20.9. The molecule has 1 saturated carbocycles. The van der Waals surface area contributed by atoms with Crippen LogP contribution in [0.4, 0.5) is 5.69 Å². The molecule has 0 radical (unpaired) electrons. The molecule has 21 heavy (non-hydrogen) atoms. The van der Waals surface area contributed by atoms with E-state index in [0.717, 1.165) is 11.7 Å². The fourth-order valence-corrected chi connectivity index (χ4v) is 3.70. The predicted octanol–water partition coefficient (Wildman–Crippen LogP) is 5.47. The lowest BCUT2D eigenvalue weighted by atomic mass is 9.75. The van der Waals surface area contributed by atoms with E-state index in [1.165, 1.54) is 34.6 Å². The van der Waals surface area contributed by atoms with Crippen molar-refractivity contribution in [2.45, 2.75) is 43.5 Å². The maximum absolute atomic E-state index is 3.72. The van der Waals surface area contributed by atoms with Gasteiger partial charge in [-0.15, -0.1) is 11.8 Å². The Morgan fingerprint density at radius 3 is 2.48 bits per heavy atom. The molecular weight excluding hydrogens is 274 g/mol. The van der Waals surface area contributed by atoms with Gasteiger partial charge >= 0.3 is 0 Å². The largest absolute Gasteiger partial charge is 0.381 e. The molecule has 1 fully saturated rings. The fraction of sp³-hybridized carbons (Fsp3) is 0.368. The second-order valence-electron chi connectivity index (χ2n) is 5.85. The highest BCUT2D eigenvalue weighted by molar-refractivity contribution is 7.99. The van der Waals surface area contributed by atoms with Gasteiger partial charge < -0.3 is 5.32 Å². The summed E-state index contributed by atoms with van der Waals surface area (Å²) in [5.41, 5.74) is 4.14. The van der Waals surface area contributed by atoms with Crippen molar-refractivity contribution in [3.05, 3.63) is 59.7 Å². The number of hydrogen-bond donors (Lipinski definition) is 1. The summed E-state index contributed by atoms with van der Waals surface area (Å²) in [6.45, 7) is 4.36. The SMILES string of the molecule is CCSc1ccccc1NC1CC(c2ccc(C)cc2)C1. The van der Waals surface area contributed by atoms with Crippen molar-refractivity contribution in [3.8, 4) is 0 Å². The minimum absolute atomic E-state index is 0.620. The van der Waals surface area contributed by atoms with E-state index in [4.69, 9.17) is 0 Å². The van der Waals surface area contributed by atoms with Crippen molar-refractivity contribution in [1.82, 2.24) is 0 Å². The van der Waals surface area contributed by atoms with Crippen molar-refractivity contribution in [2.75, 3.05) is 11.1 Å². The van der Waals surface area contributed by atoms with Gasteiger partial charge in [0.15, 0.2) is 0 Å². The molecule has 2 heteroatoms. The molecule has 0 atom stereocenters. The summed E-state index contributed by atoms with van der Waals surface area (Å²) in [7, 11) is 0. The van der Waals surface area contributed by atoms with E-state index in [1.54, 1.807) is 0 Å². The Hall–Kier alpha value is -1.41. The lowest BCUT2D eigenvalue weighted by molar-refractivity contribution is 0.373. The lowest BCUT2D eigenvalue weighted by Gasteiger charge is -2.37. The summed E-state index contributed by atoms with van der Waals surface area (Å²) >= 11 is 1.91. The van der Waals surface area contributed by atoms with E-state index in [9.17, 15) is 0 Å². The van der Waals surface area contributed by atoms with Crippen LogP contribution in [0, 0.1) is 6.92 Å². The van der Waals surface area contributed by atoms with E-state index in [0.29, 0.717) is 6.04 Å². The molecule has 2 aromatic rings. The molecule has 0 spiro atoms. The third-order valence-corrected chi connectivity index (χ3v) is 5.19. The molecular formula is C19H23NS. The van der Waals surface area contributed by atoms with Crippen LogP contribution >= 0.6 is 11.8 Å². The average molecular weight is 297 g/mol. The van der Waals surface area contributed by atoms with Crippen molar-refractivity contribution in [3.63, 3.8) is 0 Å². The second kappa shape index (κ2) is 6.57. The van der Waals surface area contributed by atoms with E-state index >= 15 is 0 Å². The van der Waals surface area contributed by atoms with E-state index in [-0.39, 0.29) is 0 Å². The first-order valence-electron chi connectivity index (χ1n) is 7.81. The van der Waals surface area contributed by atoms with Crippen LogP contribution in [0.2, 0.25) is 0 Å². The number of rotatable bonds is 5. The monoisotopic (exact) mass is 297 g/mol. The zero-order valence-corrected chi connectivity index (χ0v) is 13.6. The summed E-state index contributed by atoms with van der Waals surface area (Å²) in [5.74, 6) is 1.85. The van der Waals surface area contributed by atoms with Gasteiger partial charge in [-0.05, 0) is 49.1 Å². The molecule has 0 bridgehead atoms. The summed E-state index contributed by atoms with van der Waals surface area (Å²) in [6.07, 6.45) is 2.49. The molecule has 0 saturated heterocycles. The molecule has 2 aromatic carbocycles. The molecule has 0 aromatic heterocycles. The first-order chi connectivity index (χ1) is 10.3. The Kier molecular flexibility index (Phi) is 4.54. The summed E-state index contributed by atoms with van der Waals surface area (Å²) < 4.78 is 0. The van der Waals surface area contributed by atoms with Gasteiger partial charge in [0.1, 0.15) is 0 Å². The molecule has 1 nitrogen and oxygen atoms in total. The highest BCUT2D eigenvalue weighted by atomic mass is 32.2. The number of aryl methyl sites for hydroxylation is 1. The highest BCUT2D eigenvalue weighted by Gasteiger charge is 2.30. The molecule has 0 aliphatic heterocycles. The van der Waals surface area contributed by atoms with E-state index < -0.39 is 0 Å². The topological polar surface area (TPSA) is 12.0 Å². The molecule has 1 N–H and O–H groups in total. The molecule has 1 aliphatic carbocycles. The Morgan fingerprint density at radius 1 is 1.05 bits per heavy atom. The molecule has 0 unspecified atom stereocenters. The van der Waals surface area contributed by atoms with Gasteiger partial charge in [0, 0.05) is 16.6 Å². The molecule has 0 heterocycles. The number of hydrogen-bond acceptors (Lipinski definition) is 2. The summed E-state index contributed by atoms with van der Waals surface area (Å²) in [4.78, 5) is 1.37. The fourth-order valence-electron chi connectivity index (χ4n) is 2.93. The first kappa shape index (κ1) is 14.5. The van der Waals surface area contributed by atoms with Crippen LogP contribution in [0.1, 0.15) is 36.8 Å². The number of para-hydroxylation sites is 1. The zero-order chi connectivity index (χ0) is 14.7. The van der Waals surface area contributed by atoms with Crippen molar-refractivity contribution < 1.29 is 0 Å². The predicted molar refractivity (Wildman–Crippen MR) is 93.4 cm³/mol. The Labute approximate surface area is 132 Å². The van der Waals surface area contributed by atoms with E-state index in [2.05, 4.69) is 67.7 Å². The maximum atomic E-state index is 3.72. The quantitative estimate of drug-likeness (QED) is 0.735. The van der Waals surface area contributed by atoms with Gasteiger partial charge in [-0.3, -0.25) is 0 Å². The summed E-state index contributed by atoms with van der Waals surface area (Å²) in [5, 5.41) is 3.72. The molecule has 1 aliphatic rings. The minimum Gasteiger partial charge on any atom is -0.381 e. The van der Waals surface area contributed by atoms with Crippen LogP contribution in [0.25, 0.3) is 0 Å². The molecule has 110 valence electrons. The second-order valence-corrected chi connectivity index (χ2v) is 7.16. The maximum Gasteiger partial charge on any atom is 0.0480 e. The third kappa shape index (κ3) is 3.44. The van der Waals surface area contributed by atoms with Gasteiger partial charge in [0.2, 0.25) is 0 Å². The van der Waals surface area contributed by atoms with Gasteiger partial charge in [0.25, 0.3) is 0 Å². The van der Waals surface area contributed by atoms with Crippen LogP contribution < -0.4 is 5.32 Å². The van der Waals surface area contributed by atoms with Crippen LogP contribution in [0.15, 0.2) is 53.4 Å². The van der Waals surface area contributed by atoms with Crippen molar-refractivity contribution >= 4 is 17.4 Å². The van der Waals surface area contributed by atoms with Gasteiger partial charge in [0.05, 0.1) is 0 Å². The minimum atomic E-state index is 0.620. The van der Waals surface area contributed by atoms with Crippen LogP contribution in [-0.4, -0.2) is 11.8 Å². The standard InChI is InChI=1S/C19H23NS/c1-3-21-19-7-5-4-6-18(19)20-17-12-16(13-17)15-10-8-14(2)9-11-15/h4-11,16-17,20H,3,12-13H2,1-2H3. The van der Waals surface area contributed by atoms with Gasteiger partial charge in [-0.1, -0.05) is 48.9 Å². The smallest absolute Gasteiger partial charge is 0.0480 e. The highest BCUT2D eigenvalue weighted by Crippen LogP contribution is 2.39. The van der Waals surface area contributed by atoms with Gasteiger partial charge in [-0.25, -0.2) is 0 Å². The van der Waals surface area contributed by atoms with Crippen LogP contribution in [-0.2, 0) is 0 Å². The number of anilines is 1. The third-order valence-electron chi connectivity index (χ3n) is 4.23. The zero-order valence-electron chi connectivity index (χ0n) is 12.8. The number of thioether (sulfide) groups is 1. The Balaban J connectivity index is 1.58. The first-order valence-corrected chi connectivity index (χ1v) is 8.79. The Morgan fingerprint density at radius 2 is 1.76 bits per heavy atom. The summed E-state index contributed by atoms with van der Waals surface area (Å²) in [6, 6.07) is 18.3. The van der Waals surface area contributed by atoms with Crippen LogP contribution in [0.5, 0.6) is 0 Å². The van der Waals surface area contributed by atoms with Crippen LogP contribution in [0.3, 0.4) is 0 Å².